The van der Waals surface area contributed by atoms with E-state index in [4.69, 9.17) is 4.74 Å². The second-order valence-electron chi connectivity index (χ2n) is 5.28. The lowest BCUT2D eigenvalue weighted by atomic mass is 9.93. The van der Waals surface area contributed by atoms with Crippen LogP contribution in [0.25, 0.3) is 0 Å². The van der Waals surface area contributed by atoms with Gasteiger partial charge in [0.05, 0.1) is 13.3 Å². The third kappa shape index (κ3) is 2.70. The van der Waals surface area contributed by atoms with Crippen molar-refractivity contribution in [1.82, 2.24) is 9.78 Å². The summed E-state index contributed by atoms with van der Waals surface area (Å²) in [6, 6.07) is 10.2. The number of hydrogen-bond donors (Lipinski definition) is 1. The molecule has 0 fully saturated rings. The highest BCUT2D eigenvalue weighted by Gasteiger charge is 2.26. The molecule has 1 aromatic heterocycles. The summed E-state index contributed by atoms with van der Waals surface area (Å²) in [5.41, 5.74) is 1.83. The van der Waals surface area contributed by atoms with Gasteiger partial charge in [0.25, 0.3) is 0 Å². The molecule has 0 amide bonds. The van der Waals surface area contributed by atoms with Gasteiger partial charge >= 0.3 is 0 Å². The number of hydrogen-bond acceptors (Lipinski definition) is 3. The van der Waals surface area contributed by atoms with Crippen LogP contribution < -0.4 is 4.74 Å². The van der Waals surface area contributed by atoms with Gasteiger partial charge in [-0.2, -0.15) is 5.10 Å². The van der Waals surface area contributed by atoms with Crippen LogP contribution in [0, 0.1) is 0 Å². The number of rotatable bonds is 5. The van der Waals surface area contributed by atoms with E-state index < -0.39 is 6.10 Å². The Balaban J connectivity index is 2.37. The van der Waals surface area contributed by atoms with E-state index in [1.54, 1.807) is 13.3 Å². The zero-order valence-corrected chi connectivity index (χ0v) is 12.4. The van der Waals surface area contributed by atoms with E-state index in [1.165, 1.54) is 0 Å². The van der Waals surface area contributed by atoms with Crippen LogP contribution >= 0.6 is 0 Å². The third-order valence-electron chi connectivity index (χ3n) is 3.59. The van der Waals surface area contributed by atoms with Crippen molar-refractivity contribution in [3.63, 3.8) is 0 Å². The van der Waals surface area contributed by atoms with E-state index in [0.29, 0.717) is 5.75 Å². The molecule has 2 unspecified atom stereocenters. The lowest BCUT2D eigenvalue weighted by Crippen LogP contribution is -2.16. The van der Waals surface area contributed by atoms with Crippen LogP contribution in [-0.4, -0.2) is 22.0 Å². The molecular weight excluding hydrogens is 252 g/mol. The van der Waals surface area contributed by atoms with Crippen LogP contribution in [0.1, 0.15) is 50.1 Å². The SMILES string of the molecule is COc1cnn(C(C)C)c1C(O)C(C)c1ccccc1. The predicted octanol–water partition coefficient (Wildman–Crippen LogP) is 3.31. The van der Waals surface area contributed by atoms with Crippen molar-refractivity contribution in [1.29, 1.82) is 0 Å². The molecule has 1 heterocycles. The molecule has 2 rings (SSSR count). The topological polar surface area (TPSA) is 47.3 Å². The van der Waals surface area contributed by atoms with Crippen molar-refractivity contribution in [2.45, 2.75) is 38.8 Å². The Morgan fingerprint density at radius 1 is 1.15 bits per heavy atom. The van der Waals surface area contributed by atoms with Gasteiger partial charge in [0.2, 0.25) is 0 Å². The van der Waals surface area contributed by atoms with E-state index in [-0.39, 0.29) is 12.0 Å². The maximum Gasteiger partial charge on any atom is 0.162 e. The fraction of sp³-hybridized carbons (Fsp3) is 0.438. The average Bonchev–Trinajstić information content (AvgIpc) is 2.90. The number of aliphatic hydroxyl groups is 1. The molecule has 108 valence electrons. The Labute approximate surface area is 120 Å². The molecule has 0 saturated carbocycles. The van der Waals surface area contributed by atoms with Crippen LogP contribution in [-0.2, 0) is 0 Å². The van der Waals surface area contributed by atoms with Gasteiger partial charge in [0.1, 0.15) is 11.8 Å². The van der Waals surface area contributed by atoms with Crippen LogP contribution in [0.4, 0.5) is 0 Å². The van der Waals surface area contributed by atoms with Crippen molar-refractivity contribution in [2.24, 2.45) is 0 Å². The number of aromatic nitrogens is 2. The summed E-state index contributed by atoms with van der Waals surface area (Å²) >= 11 is 0. The highest BCUT2D eigenvalue weighted by Crippen LogP contribution is 2.36. The molecule has 1 aromatic carbocycles. The molecule has 0 saturated heterocycles. The van der Waals surface area contributed by atoms with Gasteiger partial charge in [-0.15, -0.1) is 0 Å². The van der Waals surface area contributed by atoms with Crippen molar-refractivity contribution >= 4 is 0 Å². The lowest BCUT2D eigenvalue weighted by molar-refractivity contribution is 0.135. The monoisotopic (exact) mass is 274 g/mol. The van der Waals surface area contributed by atoms with Crippen LogP contribution in [0.5, 0.6) is 5.75 Å². The number of methoxy groups -OCH3 is 1. The third-order valence-corrected chi connectivity index (χ3v) is 3.59. The van der Waals surface area contributed by atoms with E-state index in [1.807, 2.05) is 55.8 Å². The molecule has 0 bridgehead atoms. The van der Waals surface area contributed by atoms with Gasteiger partial charge in [0, 0.05) is 12.0 Å². The van der Waals surface area contributed by atoms with Crippen molar-refractivity contribution in [2.75, 3.05) is 7.11 Å². The first-order chi connectivity index (χ1) is 9.56. The van der Waals surface area contributed by atoms with E-state index in [9.17, 15) is 5.11 Å². The standard InChI is InChI=1S/C16H22N2O2/c1-11(2)18-15(14(20-4)10-17-18)16(19)12(3)13-8-6-5-7-9-13/h5-12,16,19H,1-4H3. The molecule has 2 atom stereocenters. The maximum atomic E-state index is 10.7. The lowest BCUT2D eigenvalue weighted by Gasteiger charge is -2.22. The van der Waals surface area contributed by atoms with Gasteiger partial charge in [-0.25, -0.2) is 0 Å². The van der Waals surface area contributed by atoms with Gasteiger partial charge in [-0.3, -0.25) is 4.68 Å². The van der Waals surface area contributed by atoms with E-state index in [0.717, 1.165) is 11.3 Å². The Morgan fingerprint density at radius 2 is 1.80 bits per heavy atom. The number of aliphatic hydroxyl groups excluding tert-OH is 1. The molecule has 0 spiro atoms. The number of ether oxygens (including phenoxy) is 1. The summed E-state index contributed by atoms with van der Waals surface area (Å²) in [7, 11) is 1.60. The molecule has 2 aromatic rings. The molecule has 0 aliphatic heterocycles. The first-order valence-electron chi connectivity index (χ1n) is 6.90. The largest absolute Gasteiger partial charge is 0.493 e. The second-order valence-corrected chi connectivity index (χ2v) is 5.28. The van der Waals surface area contributed by atoms with Gasteiger partial charge in [-0.1, -0.05) is 37.3 Å². The summed E-state index contributed by atoms with van der Waals surface area (Å²) in [6.07, 6.45) is 1.01. The van der Waals surface area contributed by atoms with Crippen molar-refractivity contribution in [3.8, 4) is 5.75 Å². The Kier molecular flexibility index (Phi) is 4.45. The van der Waals surface area contributed by atoms with E-state index >= 15 is 0 Å². The minimum absolute atomic E-state index is 0.0284. The highest BCUT2D eigenvalue weighted by atomic mass is 16.5. The fourth-order valence-electron chi connectivity index (χ4n) is 2.38. The van der Waals surface area contributed by atoms with Crippen LogP contribution in [0.15, 0.2) is 36.5 Å². The molecular formula is C16H22N2O2. The van der Waals surface area contributed by atoms with Gasteiger partial charge < -0.3 is 9.84 Å². The first-order valence-corrected chi connectivity index (χ1v) is 6.90. The summed E-state index contributed by atoms with van der Waals surface area (Å²) < 4.78 is 7.16. The zero-order chi connectivity index (χ0) is 14.7. The number of benzene rings is 1. The molecule has 4 nitrogen and oxygen atoms in total. The summed E-state index contributed by atoms with van der Waals surface area (Å²) in [4.78, 5) is 0. The quantitative estimate of drug-likeness (QED) is 0.910. The highest BCUT2D eigenvalue weighted by molar-refractivity contribution is 5.31. The molecule has 0 aliphatic carbocycles. The molecule has 4 heteroatoms. The molecule has 0 radical (unpaired) electrons. The fourth-order valence-corrected chi connectivity index (χ4v) is 2.38. The minimum atomic E-state index is -0.655. The second kappa shape index (κ2) is 6.09. The summed E-state index contributed by atoms with van der Waals surface area (Å²) in [5.74, 6) is 0.605. The predicted molar refractivity (Wildman–Crippen MR) is 79.0 cm³/mol. The normalized spacial score (nSPS) is 14.3. The molecule has 0 aliphatic rings. The molecule has 1 N–H and O–H groups in total. The van der Waals surface area contributed by atoms with E-state index in [2.05, 4.69) is 5.10 Å². The number of nitrogens with zero attached hydrogens (tertiary/aromatic N) is 2. The summed E-state index contributed by atoms with van der Waals surface area (Å²) in [6.45, 7) is 6.09. The average molecular weight is 274 g/mol. The first kappa shape index (κ1) is 14.6. The Morgan fingerprint density at radius 3 is 2.35 bits per heavy atom. The Bertz CT molecular complexity index is 549. The van der Waals surface area contributed by atoms with Crippen molar-refractivity contribution in [3.05, 3.63) is 47.8 Å². The Hall–Kier alpha value is -1.81. The van der Waals surface area contributed by atoms with Crippen LogP contribution in [0.2, 0.25) is 0 Å². The smallest absolute Gasteiger partial charge is 0.162 e. The van der Waals surface area contributed by atoms with Gasteiger partial charge in [-0.05, 0) is 19.4 Å². The zero-order valence-electron chi connectivity index (χ0n) is 12.4. The van der Waals surface area contributed by atoms with Gasteiger partial charge in [0.15, 0.2) is 5.75 Å². The molecule has 20 heavy (non-hydrogen) atoms. The maximum absolute atomic E-state index is 10.7. The van der Waals surface area contributed by atoms with Crippen LogP contribution in [0.3, 0.4) is 0 Å². The minimum Gasteiger partial charge on any atom is -0.493 e. The summed E-state index contributed by atoms with van der Waals surface area (Å²) in [5, 5.41) is 15.0. The van der Waals surface area contributed by atoms with Crippen molar-refractivity contribution < 1.29 is 9.84 Å².